The summed E-state index contributed by atoms with van der Waals surface area (Å²) in [5.41, 5.74) is 9.49. The molecule has 0 radical (unpaired) electrons. The van der Waals surface area contributed by atoms with Gasteiger partial charge >= 0.3 is 0 Å². The Morgan fingerprint density at radius 1 is 0.549 bits per heavy atom. The highest BCUT2D eigenvalue weighted by molar-refractivity contribution is 7.22. The average Bonchev–Trinajstić information content (AvgIpc) is 3.58. The van der Waals surface area contributed by atoms with Crippen molar-refractivity contribution in [1.82, 2.24) is 0 Å². The fourth-order valence-corrected chi connectivity index (χ4v) is 9.09. The summed E-state index contributed by atoms with van der Waals surface area (Å²) in [6, 6.07) is 53.2. The number of ether oxygens (including phenoxy) is 2. The lowest BCUT2D eigenvalue weighted by Gasteiger charge is -2.38. The second-order valence-corrected chi connectivity index (χ2v) is 14.3. The number of nitrogens with zero attached hydrogens (tertiary/aromatic N) is 3. The lowest BCUT2D eigenvalue weighted by molar-refractivity contribution is 0.446. The molecule has 7 aromatic carbocycles. The Morgan fingerprint density at radius 2 is 1.25 bits per heavy atom. The van der Waals surface area contributed by atoms with E-state index in [0.717, 1.165) is 78.8 Å². The van der Waals surface area contributed by atoms with Crippen LogP contribution in [0.1, 0.15) is 22.2 Å². The van der Waals surface area contributed by atoms with Crippen LogP contribution in [0, 0.1) is 0 Å². The maximum absolute atomic E-state index is 6.76. The van der Waals surface area contributed by atoms with E-state index in [4.69, 9.17) is 14.5 Å². The van der Waals surface area contributed by atoms with E-state index in [-0.39, 0.29) is 6.17 Å². The molecule has 3 aliphatic heterocycles. The predicted molar refractivity (Wildman–Crippen MR) is 209 cm³/mol. The smallest absolute Gasteiger partial charge is 0.156 e. The molecule has 1 atom stereocenters. The summed E-state index contributed by atoms with van der Waals surface area (Å²) in [7, 11) is 2.17. The van der Waals surface area contributed by atoms with Crippen molar-refractivity contribution in [3.63, 3.8) is 0 Å². The van der Waals surface area contributed by atoms with Crippen molar-refractivity contribution in [2.45, 2.75) is 6.17 Å². The van der Waals surface area contributed by atoms with Crippen LogP contribution in [0.15, 0.2) is 157 Å². The molecule has 6 heteroatoms. The Bertz CT molecular complexity index is 2750. The van der Waals surface area contributed by atoms with E-state index in [0.29, 0.717) is 0 Å². The summed E-state index contributed by atoms with van der Waals surface area (Å²) >= 11 is 1.81. The van der Waals surface area contributed by atoms with E-state index in [9.17, 15) is 0 Å². The number of rotatable bonds is 3. The molecule has 0 fully saturated rings. The van der Waals surface area contributed by atoms with Crippen molar-refractivity contribution in [3.8, 4) is 34.1 Å². The summed E-state index contributed by atoms with van der Waals surface area (Å²) in [6.07, 6.45) is -0.211. The first kappa shape index (κ1) is 28.5. The van der Waals surface area contributed by atoms with Crippen molar-refractivity contribution in [2.75, 3.05) is 16.8 Å². The SMILES string of the molecule is CN1c2c(sc3ccccc23)C(c2ccccc2)=NC1c1cccc(-c2cc3c4c(c2)Oc2cc5ccccc5cc2N4c2ccccc2O3)c1. The molecule has 3 aliphatic rings. The first-order valence-electron chi connectivity index (χ1n) is 17.1. The molecule has 0 bridgehead atoms. The standard InChI is InChI=1S/C45H29N3O2S/c1-47-42-33-18-7-10-21-40(33)51-44(42)41(27-12-3-2-4-13-27)46-45(47)31-17-11-16-28(22-31)32-25-38-43-39(26-32)50-37-24-30-15-6-5-14-29(30)23-35(37)48(43)34-19-8-9-20-36(34)49-38/h2-26,45H,1H3. The highest BCUT2D eigenvalue weighted by atomic mass is 32.1. The van der Waals surface area contributed by atoms with Crippen molar-refractivity contribution in [1.29, 1.82) is 0 Å². The van der Waals surface area contributed by atoms with Gasteiger partial charge in [0, 0.05) is 22.7 Å². The largest absolute Gasteiger partial charge is 0.453 e. The Morgan fingerprint density at radius 3 is 2.12 bits per heavy atom. The summed E-state index contributed by atoms with van der Waals surface area (Å²) in [6.45, 7) is 0. The van der Waals surface area contributed by atoms with E-state index in [1.54, 1.807) is 0 Å². The normalized spacial score (nSPS) is 15.3. The van der Waals surface area contributed by atoms with Gasteiger partial charge in [0.25, 0.3) is 0 Å². The van der Waals surface area contributed by atoms with Gasteiger partial charge in [0.2, 0.25) is 0 Å². The molecule has 242 valence electrons. The van der Waals surface area contributed by atoms with Gasteiger partial charge in [-0.25, -0.2) is 0 Å². The molecule has 0 N–H and O–H groups in total. The summed E-state index contributed by atoms with van der Waals surface area (Å²) in [5.74, 6) is 3.16. The number of thiophene rings is 1. The molecule has 1 aromatic heterocycles. The Hall–Kier alpha value is -6.37. The van der Waals surface area contributed by atoms with Gasteiger partial charge in [0.05, 0.1) is 27.7 Å². The van der Waals surface area contributed by atoms with Gasteiger partial charge in [-0.1, -0.05) is 103 Å². The molecule has 0 amide bonds. The van der Waals surface area contributed by atoms with Gasteiger partial charge in [0.15, 0.2) is 23.0 Å². The van der Waals surface area contributed by atoms with Crippen molar-refractivity contribution in [3.05, 3.63) is 168 Å². The zero-order valence-electron chi connectivity index (χ0n) is 27.6. The molecule has 0 saturated carbocycles. The highest BCUT2D eigenvalue weighted by Crippen LogP contribution is 2.61. The molecular formula is C45H29N3O2S. The third-order valence-corrected chi connectivity index (χ3v) is 11.4. The third kappa shape index (κ3) is 4.30. The fraction of sp³-hybridized carbons (Fsp3) is 0.0444. The Labute approximate surface area is 298 Å². The van der Waals surface area contributed by atoms with Crippen molar-refractivity contribution in [2.24, 2.45) is 4.99 Å². The fourth-order valence-electron chi connectivity index (χ4n) is 7.84. The van der Waals surface area contributed by atoms with E-state index in [1.165, 1.54) is 20.7 Å². The number of anilines is 4. The van der Waals surface area contributed by atoms with Crippen molar-refractivity contribution < 1.29 is 9.47 Å². The summed E-state index contributed by atoms with van der Waals surface area (Å²) in [5, 5.41) is 3.56. The molecule has 11 rings (SSSR count). The molecule has 1 unspecified atom stereocenters. The van der Waals surface area contributed by atoms with Crippen LogP contribution in [0.4, 0.5) is 22.7 Å². The van der Waals surface area contributed by atoms with Gasteiger partial charge in [-0.3, -0.25) is 9.89 Å². The minimum absolute atomic E-state index is 0.211. The number of para-hydroxylation sites is 2. The second kappa shape index (κ2) is 10.8. The third-order valence-electron chi connectivity index (χ3n) is 10.2. The van der Waals surface area contributed by atoms with Crippen LogP contribution in [0.5, 0.6) is 23.0 Å². The predicted octanol–water partition coefficient (Wildman–Crippen LogP) is 12.4. The van der Waals surface area contributed by atoms with E-state index < -0.39 is 0 Å². The number of fused-ring (bicyclic) bond motifs is 8. The topological polar surface area (TPSA) is 37.3 Å². The molecule has 51 heavy (non-hydrogen) atoms. The van der Waals surface area contributed by atoms with Crippen LogP contribution < -0.4 is 19.3 Å². The van der Waals surface area contributed by atoms with Gasteiger partial charge in [0.1, 0.15) is 11.9 Å². The van der Waals surface area contributed by atoms with Gasteiger partial charge in [-0.05, 0) is 76.0 Å². The summed E-state index contributed by atoms with van der Waals surface area (Å²) < 4.78 is 14.7. The molecule has 0 spiro atoms. The number of benzene rings is 7. The Balaban J connectivity index is 1.05. The summed E-state index contributed by atoms with van der Waals surface area (Å²) in [4.78, 5) is 11.3. The lowest BCUT2D eigenvalue weighted by atomic mass is 9.97. The van der Waals surface area contributed by atoms with Crippen LogP contribution in [0.3, 0.4) is 0 Å². The molecule has 0 saturated heterocycles. The van der Waals surface area contributed by atoms with E-state index in [1.807, 2.05) is 23.5 Å². The highest BCUT2D eigenvalue weighted by Gasteiger charge is 2.36. The lowest BCUT2D eigenvalue weighted by Crippen LogP contribution is -2.29. The first-order chi connectivity index (χ1) is 25.2. The van der Waals surface area contributed by atoms with Crippen molar-refractivity contribution >= 4 is 60.7 Å². The Kier molecular flexibility index (Phi) is 6.04. The molecular weight excluding hydrogens is 647 g/mol. The molecule has 5 nitrogen and oxygen atoms in total. The maximum atomic E-state index is 6.76. The maximum Gasteiger partial charge on any atom is 0.156 e. The average molecular weight is 676 g/mol. The minimum atomic E-state index is -0.211. The molecule has 4 heterocycles. The molecule has 8 aromatic rings. The van der Waals surface area contributed by atoms with Crippen LogP contribution >= 0.6 is 11.3 Å². The quantitative estimate of drug-likeness (QED) is 0.187. The van der Waals surface area contributed by atoms with Crippen LogP contribution in [0.2, 0.25) is 0 Å². The van der Waals surface area contributed by atoms with Crippen LogP contribution in [-0.2, 0) is 0 Å². The first-order valence-corrected chi connectivity index (χ1v) is 17.9. The number of aliphatic imine (C=N–C) groups is 1. The van der Waals surface area contributed by atoms with Gasteiger partial charge in [-0.15, -0.1) is 11.3 Å². The van der Waals surface area contributed by atoms with Crippen LogP contribution in [-0.4, -0.2) is 12.8 Å². The van der Waals surface area contributed by atoms with Crippen LogP contribution in [0.25, 0.3) is 32.0 Å². The number of hydrogen-bond donors (Lipinski definition) is 0. The zero-order valence-corrected chi connectivity index (χ0v) is 28.4. The minimum Gasteiger partial charge on any atom is -0.453 e. The van der Waals surface area contributed by atoms with E-state index >= 15 is 0 Å². The molecule has 0 aliphatic carbocycles. The second-order valence-electron chi connectivity index (χ2n) is 13.2. The van der Waals surface area contributed by atoms with Gasteiger partial charge < -0.3 is 14.4 Å². The monoisotopic (exact) mass is 675 g/mol. The van der Waals surface area contributed by atoms with E-state index in [2.05, 4.69) is 156 Å². The number of hydrogen-bond acceptors (Lipinski definition) is 6. The zero-order chi connectivity index (χ0) is 33.6. The van der Waals surface area contributed by atoms with Gasteiger partial charge in [-0.2, -0.15) is 0 Å².